The van der Waals surface area contributed by atoms with Crippen LogP contribution in [0.4, 0.5) is 0 Å². The number of benzene rings is 1. The number of carbonyl (C=O) groups is 1. The molecule has 1 aromatic carbocycles. The monoisotopic (exact) mass is 452 g/mol. The van der Waals surface area contributed by atoms with Gasteiger partial charge in [0.25, 0.3) is 0 Å². The highest BCUT2D eigenvalue weighted by atomic mass is 32.1. The standard InChI is InChI=1S/C22H24N6O3S/c1-14(2)31-19-6-5-15(10-16(19)11-23)21-24-25-22(32-21)28-13-17-12-27(8-3-4-20(29)30)9-7-18(17)26-28/h5-6,10,13-14H,3-4,7-9,12H2,1-2H3,(H,29,30). The lowest BCUT2D eigenvalue weighted by atomic mass is 10.1. The summed E-state index contributed by atoms with van der Waals surface area (Å²) in [6, 6.07) is 7.63. The predicted molar refractivity (Wildman–Crippen MR) is 119 cm³/mol. The number of rotatable bonds is 8. The molecule has 0 bridgehead atoms. The second-order valence-corrected chi connectivity index (χ2v) is 8.90. The van der Waals surface area contributed by atoms with E-state index in [1.54, 1.807) is 16.8 Å². The summed E-state index contributed by atoms with van der Waals surface area (Å²) in [5.74, 6) is -0.199. The Labute approximate surface area is 189 Å². The molecule has 0 amide bonds. The van der Waals surface area contributed by atoms with Gasteiger partial charge in [0.05, 0.1) is 17.4 Å². The molecule has 1 aliphatic heterocycles. The largest absolute Gasteiger partial charge is 0.490 e. The van der Waals surface area contributed by atoms with Gasteiger partial charge in [0, 0.05) is 43.3 Å². The number of carboxylic acids is 1. The van der Waals surface area contributed by atoms with Crippen LogP contribution in [-0.4, -0.2) is 55.1 Å². The summed E-state index contributed by atoms with van der Waals surface area (Å²) >= 11 is 1.41. The molecule has 4 rings (SSSR count). The zero-order valence-corrected chi connectivity index (χ0v) is 18.8. The molecule has 1 aliphatic rings. The van der Waals surface area contributed by atoms with Crippen molar-refractivity contribution in [2.24, 2.45) is 0 Å². The molecule has 0 fully saturated rings. The summed E-state index contributed by atoms with van der Waals surface area (Å²) in [6.45, 7) is 6.23. The van der Waals surface area contributed by atoms with Crippen LogP contribution in [0.3, 0.4) is 0 Å². The third-order valence-corrected chi connectivity index (χ3v) is 6.08. The maximum Gasteiger partial charge on any atom is 0.303 e. The molecule has 0 saturated heterocycles. The molecule has 3 heterocycles. The van der Waals surface area contributed by atoms with E-state index < -0.39 is 5.97 Å². The maximum absolute atomic E-state index is 10.7. The predicted octanol–water partition coefficient (Wildman–Crippen LogP) is 3.27. The molecule has 0 unspecified atom stereocenters. The van der Waals surface area contributed by atoms with E-state index in [1.165, 1.54) is 11.3 Å². The van der Waals surface area contributed by atoms with E-state index >= 15 is 0 Å². The first kappa shape index (κ1) is 21.9. The van der Waals surface area contributed by atoms with Crippen molar-refractivity contribution in [3.05, 3.63) is 41.2 Å². The molecule has 10 heteroatoms. The Hall–Kier alpha value is -3.29. The van der Waals surface area contributed by atoms with Gasteiger partial charge in [-0.05, 0) is 45.0 Å². The average Bonchev–Trinajstić information content (AvgIpc) is 3.40. The lowest BCUT2D eigenvalue weighted by Crippen LogP contribution is -2.31. The van der Waals surface area contributed by atoms with Crippen molar-refractivity contribution in [1.29, 1.82) is 5.26 Å². The average molecular weight is 453 g/mol. The SMILES string of the molecule is CC(C)Oc1ccc(-c2nnc(-n3cc4c(n3)CCN(CCCC(=O)O)C4)s2)cc1C#N. The highest BCUT2D eigenvalue weighted by molar-refractivity contribution is 7.17. The molecule has 9 nitrogen and oxygen atoms in total. The minimum absolute atomic E-state index is 0.0139. The highest BCUT2D eigenvalue weighted by Gasteiger charge is 2.21. The van der Waals surface area contributed by atoms with Crippen molar-refractivity contribution in [3.8, 4) is 27.5 Å². The van der Waals surface area contributed by atoms with Crippen LogP contribution in [0.1, 0.15) is 43.5 Å². The second-order valence-electron chi connectivity index (χ2n) is 7.95. The van der Waals surface area contributed by atoms with E-state index in [2.05, 4.69) is 26.3 Å². The normalized spacial score (nSPS) is 13.7. The Balaban J connectivity index is 1.49. The number of nitriles is 1. The lowest BCUT2D eigenvalue weighted by molar-refractivity contribution is -0.137. The van der Waals surface area contributed by atoms with E-state index in [4.69, 9.17) is 9.84 Å². The molecular weight excluding hydrogens is 428 g/mol. The zero-order valence-electron chi connectivity index (χ0n) is 18.0. The Morgan fingerprint density at radius 1 is 1.38 bits per heavy atom. The highest BCUT2D eigenvalue weighted by Crippen LogP contribution is 2.30. The number of fused-ring (bicyclic) bond motifs is 1. The fraction of sp³-hybridized carbons (Fsp3) is 0.409. The van der Waals surface area contributed by atoms with Crippen molar-refractivity contribution in [1.82, 2.24) is 24.9 Å². The molecule has 0 spiro atoms. The van der Waals surface area contributed by atoms with Crippen LogP contribution in [0, 0.1) is 11.3 Å². The molecule has 166 valence electrons. The van der Waals surface area contributed by atoms with E-state index in [0.29, 0.717) is 27.9 Å². The van der Waals surface area contributed by atoms with Crippen LogP contribution in [0.2, 0.25) is 0 Å². The van der Waals surface area contributed by atoms with Gasteiger partial charge >= 0.3 is 5.97 Å². The van der Waals surface area contributed by atoms with Crippen LogP contribution in [0.25, 0.3) is 15.7 Å². The third kappa shape index (κ3) is 4.95. The number of hydrogen-bond acceptors (Lipinski definition) is 8. The second kappa shape index (κ2) is 9.46. The van der Waals surface area contributed by atoms with Gasteiger partial charge in [-0.2, -0.15) is 10.4 Å². The van der Waals surface area contributed by atoms with Crippen molar-refractivity contribution in [3.63, 3.8) is 0 Å². The van der Waals surface area contributed by atoms with Crippen LogP contribution in [0.15, 0.2) is 24.4 Å². The Bertz CT molecular complexity index is 1160. The summed E-state index contributed by atoms with van der Waals surface area (Å²) in [5, 5.41) is 32.9. The van der Waals surface area contributed by atoms with Gasteiger partial charge in [-0.25, -0.2) is 4.68 Å². The minimum atomic E-state index is -0.758. The number of aliphatic carboxylic acids is 1. The number of aromatic nitrogens is 4. The summed E-state index contributed by atoms with van der Waals surface area (Å²) in [7, 11) is 0. The zero-order chi connectivity index (χ0) is 22.7. The lowest BCUT2D eigenvalue weighted by Gasteiger charge is -2.25. The van der Waals surface area contributed by atoms with E-state index in [-0.39, 0.29) is 12.5 Å². The van der Waals surface area contributed by atoms with Crippen molar-refractivity contribution in [2.45, 2.75) is 45.8 Å². The molecule has 32 heavy (non-hydrogen) atoms. The molecule has 0 atom stereocenters. The molecule has 0 saturated carbocycles. The summed E-state index contributed by atoms with van der Waals surface area (Å²) in [4.78, 5) is 13.0. The quantitative estimate of drug-likeness (QED) is 0.553. The fourth-order valence-electron chi connectivity index (χ4n) is 3.65. The van der Waals surface area contributed by atoms with E-state index in [1.807, 2.05) is 26.1 Å². The molecule has 2 aromatic heterocycles. The van der Waals surface area contributed by atoms with Crippen LogP contribution >= 0.6 is 11.3 Å². The molecule has 3 aromatic rings. The van der Waals surface area contributed by atoms with Gasteiger partial charge in [0.2, 0.25) is 5.13 Å². The third-order valence-electron chi connectivity index (χ3n) is 5.12. The number of nitrogens with zero attached hydrogens (tertiary/aromatic N) is 6. The first-order chi connectivity index (χ1) is 15.4. The molecule has 1 N–H and O–H groups in total. The van der Waals surface area contributed by atoms with Crippen molar-refractivity contribution < 1.29 is 14.6 Å². The van der Waals surface area contributed by atoms with Gasteiger partial charge in [0.1, 0.15) is 16.8 Å². The molecular formula is C22H24N6O3S. The molecule has 0 radical (unpaired) electrons. The number of ether oxygens (including phenoxy) is 1. The summed E-state index contributed by atoms with van der Waals surface area (Å²) in [5.41, 5.74) is 3.44. The van der Waals surface area contributed by atoms with E-state index in [9.17, 15) is 10.1 Å². The number of carboxylic acid groups (broad SMARTS) is 1. The van der Waals surface area contributed by atoms with Crippen LogP contribution < -0.4 is 4.74 Å². The van der Waals surface area contributed by atoms with Crippen molar-refractivity contribution >= 4 is 17.3 Å². The minimum Gasteiger partial charge on any atom is -0.490 e. The Morgan fingerprint density at radius 3 is 2.97 bits per heavy atom. The van der Waals surface area contributed by atoms with Gasteiger partial charge in [-0.1, -0.05) is 11.3 Å². The van der Waals surface area contributed by atoms with E-state index in [0.717, 1.165) is 42.9 Å². The fourth-order valence-corrected chi connectivity index (χ4v) is 4.41. The van der Waals surface area contributed by atoms with Crippen molar-refractivity contribution in [2.75, 3.05) is 13.1 Å². The van der Waals surface area contributed by atoms with Gasteiger partial charge < -0.3 is 9.84 Å². The summed E-state index contributed by atoms with van der Waals surface area (Å²) < 4.78 is 7.45. The van der Waals surface area contributed by atoms with Gasteiger partial charge in [0.15, 0.2) is 0 Å². The van der Waals surface area contributed by atoms with Crippen LogP contribution in [0.5, 0.6) is 5.75 Å². The Morgan fingerprint density at radius 2 is 2.22 bits per heavy atom. The number of hydrogen-bond donors (Lipinski definition) is 1. The van der Waals surface area contributed by atoms with Gasteiger partial charge in [-0.3, -0.25) is 9.69 Å². The van der Waals surface area contributed by atoms with Gasteiger partial charge in [-0.15, -0.1) is 10.2 Å². The topological polar surface area (TPSA) is 117 Å². The first-order valence-corrected chi connectivity index (χ1v) is 11.3. The smallest absolute Gasteiger partial charge is 0.303 e. The molecule has 0 aliphatic carbocycles. The summed E-state index contributed by atoms with van der Waals surface area (Å²) in [6.07, 6.45) is 3.62. The first-order valence-electron chi connectivity index (χ1n) is 10.5. The van der Waals surface area contributed by atoms with Crippen LogP contribution in [-0.2, 0) is 17.8 Å². The Kier molecular flexibility index (Phi) is 6.48. The maximum atomic E-state index is 10.7.